The molecule has 1 aliphatic rings. The van der Waals surface area contributed by atoms with E-state index in [-0.39, 0.29) is 5.91 Å². The minimum absolute atomic E-state index is 0.243. The maximum atomic E-state index is 11.6. The molecule has 1 rings (SSSR count). The van der Waals surface area contributed by atoms with Gasteiger partial charge in [-0.3, -0.25) is 4.79 Å². The second kappa shape index (κ2) is 8.53. The van der Waals surface area contributed by atoms with Crippen LogP contribution in [0.25, 0.3) is 0 Å². The number of rotatable bonds is 8. The lowest BCUT2D eigenvalue weighted by molar-refractivity contribution is -0.129. The lowest BCUT2D eigenvalue weighted by Crippen LogP contribution is -2.36. The van der Waals surface area contributed by atoms with Gasteiger partial charge in [0.2, 0.25) is 5.91 Å². The van der Waals surface area contributed by atoms with Gasteiger partial charge in [0, 0.05) is 26.3 Å². The predicted molar refractivity (Wildman–Crippen MR) is 64.4 cm³/mol. The molecular weight excluding hydrogens is 204 g/mol. The molecule has 1 N–H and O–H groups in total. The molecule has 1 fully saturated rings. The van der Waals surface area contributed by atoms with Crippen molar-refractivity contribution in [3.63, 3.8) is 0 Å². The van der Waals surface area contributed by atoms with Crippen LogP contribution in [-0.4, -0.2) is 50.2 Å². The van der Waals surface area contributed by atoms with Crippen molar-refractivity contribution in [2.75, 3.05) is 39.4 Å². The van der Waals surface area contributed by atoms with Crippen molar-refractivity contribution < 1.29 is 9.53 Å². The first-order valence-corrected chi connectivity index (χ1v) is 6.41. The topological polar surface area (TPSA) is 41.6 Å². The minimum Gasteiger partial charge on any atom is -0.381 e. The van der Waals surface area contributed by atoms with Crippen molar-refractivity contribution in [3.05, 3.63) is 0 Å². The average Bonchev–Trinajstić information content (AvgIpc) is 2.81. The van der Waals surface area contributed by atoms with E-state index in [2.05, 4.69) is 12.2 Å². The van der Waals surface area contributed by atoms with Crippen molar-refractivity contribution in [3.8, 4) is 0 Å². The Kier molecular flexibility index (Phi) is 7.17. The van der Waals surface area contributed by atoms with Gasteiger partial charge in [0.25, 0.3) is 0 Å². The molecule has 0 spiro atoms. The molecule has 0 aromatic carbocycles. The molecular formula is C12H24N2O2. The van der Waals surface area contributed by atoms with Crippen molar-refractivity contribution in [1.29, 1.82) is 0 Å². The molecule has 0 aromatic heterocycles. The van der Waals surface area contributed by atoms with E-state index >= 15 is 0 Å². The maximum Gasteiger partial charge on any atom is 0.236 e. The van der Waals surface area contributed by atoms with Gasteiger partial charge in [-0.25, -0.2) is 0 Å². The predicted octanol–water partition coefficient (Wildman–Crippen LogP) is 1.02. The number of hydrogen-bond donors (Lipinski definition) is 1. The summed E-state index contributed by atoms with van der Waals surface area (Å²) in [6.07, 6.45) is 4.38. The van der Waals surface area contributed by atoms with E-state index in [9.17, 15) is 4.79 Å². The van der Waals surface area contributed by atoms with E-state index in [4.69, 9.17) is 4.74 Å². The molecule has 0 radical (unpaired) electrons. The van der Waals surface area contributed by atoms with Gasteiger partial charge in [-0.05, 0) is 32.2 Å². The Bertz CT molecular complexity index is 191. The zero-order chi connectivity index (χ0) is 11.6. The van der Waals surface area contributed by atoms with Gasteiger partial charge in [-0.1, -0.05) is 6.92 Å². The summed E-state index contributed by atoms with van der Waals surface area (Å²) in [5.41, 5.74) is 0. The second-order valence-corrected chi connectivity index (χ2v) is 4.23. The lowest BCUT2D eigenvalue weighted by atomic mass is 10.4. The second-order valence-electron chi connectivity index (χ2n) is 4.23. The van der Waals surface area contributed by atoms with Crippen molar-refractivity contribution in [2.45, 2.75) is 32.6 Å². The molecule has 0 saturated carbocycles. The van der Waals surface area contributed by atoms with Crippen molar-refractivity contribution in [1.82, 2.24) is 10.2 Å². The van der Waals surface area contributed by atoms with Gasteiger partial charge >= 0.3 is 0 Å². The summed E-state index contributed by atoms with van der Waals surface area (Å²) in [6.45, 7) is 6.97. The van der Waals surface area contributed by atoms with Crippen LogP contribution in [0.1, 0.15) is 32.6 Å². The lowest BCUT2D eigenvalue weighted by Gasteiger charge is -2.15. The summed E-state index contributed by atoms with van der Waals surface area (Å²) in [6, 6.07) is 0. The summed E-state index contributed by atoms with van der Waals surface area (Å²) < 4.78 is 5.35. The quantitative estimate of drug-likeness (QED) is 0.631. The Morgan fingerprint density at radius 2 is 2.06 bits per heavy atom. The van der Waals surface area contributed by atoms with Gasteiger partial charge in [-0.2, -0.15) is 0 Å². The van der Waals surface area contributed by atoms with Crippen LogP contribution in [0.15, 0.2) is 0 Å². The van der Waals surface area contributed by atoms with Crippen molar-refractivity contribution >= 4 is 5.91 Å². The fourth-order valence-electron chi connectivity index (χ4n) is 1.82. The number of ether oxygens (including phenoxy) is 1. The number of carbonyl (C=O) groups excluding carboxylic acids is 1. The molecule has 1 saturated heterocycles. The SMILES string of the molecule is CCCOCCCNCC(=O)N1CCCC1. The fraction of sp³-hybridized carbons (Fsp3) is 0.917. The smallest absolute Gasteiger partial charge is 0.236 e. The highest BCUT2D eigenvalue weighted by molar-refractivity contribution is 5.78. The normalized spacial score (nSPS) is 15.7. The fourth-order valence-corrected chi connectivity index (χ4v) is 1.82. The van der Waals surface area contributed by atoms with Crippen LogP contribution in [0.5, 0.6) is 0 Å². The zero-order valence-corrected chi connectivity index (χ0v) is 10.3. The van der Waals surface area contributed by atoms with Gasteiger partial charge < -0.3 is 15.0 Å². The van der Waals surface area contributed by atoms with Crippen LogP contribution in [0.4, 0.5) is 0 Å². The monoisotopic (exact) mass is 228 g/mol. The molecule has 4 heteroatoms. The Balaban J connectivity index is 1.88. The Hall–Kier alpha value is -0.610. The van der Waals surface area contributed by atoms with E-state index in [0.717, 1.165) is 58.5 Å². The first-order valence-electron chi connectivity index (χ1n) is 6.41. The van der Waals surface area contributed by atoms with E-state index in [0.29, 0.717) is 6.54 Å². The number of nitrogens with zero attached hydrogens (tertiary/aromatic N) is 1. The first kappa shape index (κ1) is 13.5. The molecule has 0 bridgehead atoms. The number of carbonyl (C=O) groups is 1. The van der Waals surface area contributed by atoms with Crippen LogP contribution in [0, 0.1) is 0 Å². The summed E-state index contributed by atoms with van der Waals surface area (Å²) in [5.74, 6) is 0.243. The summed E-state index contributed by atoms with van der Waals surface area (Å²) in [4.78, 5) is 13.6. The van der Waals surface area contributed by atoms with Gasteiger partial charge in [-0.15, -0.1) is 0 Å². The molecule has 0 aliphatic carbocycles. The third-order valence-corrected chi connectivity index (χ3v) is 2.73. The first-order chi connectivity index (χ1) is 7.84. The van der Waals surface area contributed by atoms with Crippen LogP contribution in [0.3, 0.4) is 0 Å². The van der Waals surface area contributed by atoms with Gasteiger partial charge in [0.05, 0.1) is 6.54 Å². The molecule has 4 nitrogen and oxygen atoms in total. The highest BCUT2D eigenvalue weighted by Crippen LogP contribution is 2.06. The number of hydrogen-bond acceptors (Lipinski definition) is 3. The number of nitrogens with one attached hydrogen (secondary N) is 1. The molecule has 16 heavy (non-hydrogen) atoms. The summed E-state index contributed by atoms with van der Waals surface area (Å²) in [5, 5.41) is 3.17. The van der Waals surface area contributed by atoms with Gasteiger partial charge in [0.1, 0.15) is 0 Å². The highest BCUT2D eigenvalue weighted by Gasteiger charge is 2.16. The number of likely N-dealkylation sites (tertiary alicyclic amines) is 1. The van der Waals surface area contributed by atoms with Crippen LogP contribution < -0.4 is 5.32 Å². The van der Waals surface area contributed by atoms with E-state index in [1.807, 2.05) is 4.90 Å². The Morgan fingerprint density at radius 1 is 1.31 bits per heavy atom. The van der Waals surface area contributed by atoms with E-state index < -0.39 is 0 Å². The Morgan fingerprint density at radius 3 is 2.75 bits per heavy atom. The third kappa shape index (κ3) is 5.47. The van der Waals surface area contributed by atoms with Gasteiger partial charge in [0.15, 0.2) is 0 Å². The number of amides is 1. The minimum atomic E-state index is 0.243. The molecule has 0 aromatic rings. The molecule has 1 amide bonds. The van der Waals surface area contributed by atoms with E-state index in [1.54, 1.807) is 0 Å². The molecule has 0 atom stereocenters. The largest absolute Gasteiger partial charge is 0.381 e. The van der Waals surface area contributed by atoms with Crippen LogP contribution >= 0.6 is 0 Å². The third-order valence-electron chi connectivity index (χ3n) is 2.73. The zero-order valence-electron chi connectivity index (χ0n) is 10.3. The van der Waals surface area contributed by atoms with Crippen LogP contribution in [0.2, 0.25) is 0 Å². The average molecular weight is 228 g/mol. The molecule has 1 heterocycles. The highest BCUT2D eigenvalue weighted by atomic mass is 16.5. The molecule has 1 aliphatic heterocycles. The summed E-state index contributed by atoms with van der Waals surface area (Å²) >= 11 is 0. The van der Waals surface area contributed by atoms with E-state index in [1.165, 1.54) is 0 Å². The Labute approximate surface area is 98.3 Å². The van der Waals surface area contributed by atoms with Crippen molar-refractivity contribution in [2.24, 2.45) is 0 Å². The van der Waals surface area contributed by atoms with Crippen LogP contribution in [-0.2, 0) is 9.53 Å². The summed E-state index contributed by atoms with van der Waals surface area (Å²) in [7, 11) is 0. The standard InChI is InChI=1S/C12H24N2O2/c1-2-9-16-10-5-6-13-11-12(15)14-7-3-4-8-14/h13H,2-11H2,1H3. The molecule has 0 unspecified atom stereocenters. The molecule has 94 valence electrons. The maximum absolute atomic E-state index is 11.6.